The number of methoxy groups -OCH3 is 1. The number of aromatic amines is 1. The molecule has 0 atom stereocenters. The van der Waals surface area contributed by atoms with Gasteiger partial charge in [-0.1, -0.05) is 24.6 Å². The van der Waals surface area contributed by atoms with Gasteiger partial charge in [0.25, 0.3) is 0 Å². The maximum atomic E-state index is 12.7. The summed E-state index contributed by atoms with van der Waals surface area (Å²) in [7, 11) is 1.61. The van der Waals surface area contributed by atoms with Crippen LogP contribution in [-0.2, 0) is 16.1 Å². The van der Waals surface area contributed by atoms with Gasteiger partial charge in [-0.25, -0.2) is 9.89 Å². The quantitative estimate of drug-likeness (QED) is 0.465. The molecule has 1 aliphatic carbocycles. The predicted octanol–water partition coefficient (Wildman–Crippen LogP) is 2.74. The number of hydrogen-bond donors (Lipinski definition) is 2. The van der Waals surface area contributed by atoms with Crippen molar-refractivity contribution in [1.29, 1.82) is 5.26 Å². The number of rotatable bonds is 9. The maximum absolute atomic E-state index is 12.7. The van der Waals surface area contributed by atoms with Crippen LogP contribution in [0.3, 0.4) is 0 Å². The van der Waals surface area contributed by atoms with Gasteiger partial charge in [-0.05, 0) is 38.7 Å². The summed E-state index contributed by atoms with van der Waals surface area (Å²) < 4.78 is 8.66. The van der Waals surface area contributed by atoms with Gasteiger partial charge in [-0.2, -0.15) is 5.26 Å². The third-order valence-electron chi connectivity index (χ3n) is 5.60. The molecule has 0 aliphatic heterocycles. The number of hydrogen-bond acceptors (Lipinski definition) is 6. The van der Waals surface area contributed by atoms with E-state index >= 15 is 0 Å². The highest BCUT2D eigenvalue weighted by Crippen LogP contribution is 2.37. The number of thioether (sulfide) groups is 1. The summed E-state index contributed by atoms with van der Waals surface area (Å²) in [6.45, 7) is 4.93. The van der Waals surface area contributed by atoms with Crippen LogP contribution in [0.1, 0.15) is 55.0 Å². The molecule has 2 aromatic rings. The molecular formula is C20H28N6O3S. The Morgan fingerprint density at radius 1 is 1.40 bits per heavy atom. The van der Waals surface area contributed by atoms with Gasteiger partial charge in [0.15, 0.2) is 5.16 Å². The molecule has 1 saturated carbocycles. The smallest absolute Gasteiger partial charge is 0.343 e. The number of nitriles is 1. The lowest BCUT2D eigenvalue weighted by Crippen LogP contribution is -2.21. The molecule has 3 rings (SSSR count). The molecule has 2 aromatic heterocycles. The number of ether oxygens (including phenoxy) is 1. The van der Waals surface area contributed by atoms with E-state index in [2.05, 4.69) is 26.2 Å². The van der Waals surface area contributed by atoms with Crippen molar-refractivity contribution in [3.8, 4) is 6.07 Å². The summed E-state index contributed by atoms with van der Waals surface area (Å²) in [6, 6.07) is 2.56. The van der Waals surface area contributed by atoms with Crippen LogP contribution in [0.25, 0.3) is 0 Å². The third-order valence-corrected chi connectivity index (χ3v) is 6.58. The number of aromatic nitrogens is 4. The third kappa shape index (κ3) is 4.63. The zero-order valence-electron chi connectivity index (χ0n) is 17.7. The van der Waals surface area contributed by atoms with Gasteiger partial charge >= 0.3 is 5.69 Å². The van der Waals surface area contributed by atoms with Crippen molar-refractivity contribution < 1.29 is 9.53 Å². The highest BCUT2D eigenvalue weighted by molar-refractivity contribution is 7.99. The molecule has 2 N–H and O–H groups in total. The molecule has 9 nitrogen and oxygen atoms in total. The molecule has 0 unspecified atom stereocenters. The number of H-pyrrole nitrogens is 1. The first-order chi connectivity index (χ1) is 14.5. The van der Waals surface area contributed by atoms with Gasteiger partial charge in [0.2, 0.25) is 5.91 Å². The molecule has 1 fully saturated rings. The lowest BCUT2D eigenvalue weighted by Gasteiger charge is -2.19. The van der Waals surface area contributed by atoms with Crippen molar-refractivity contribution in [1.82, 2.24) is 19.3 Å². The molecule has 0 saturated heterocycles. The SMILES string of the molecule is COCCCn1c(SCC(=O)Nc2c(C#N)c(C)c(C)n2C2CCCC2)n[nH]c1=O. The van der Waals surface area contributed by atoms with Gasteiger partial charge in [-0.3, -0.25) is 9.36 Å². The standard InChI is InChI=1S/C20H28N6O3S/c1-13-14(2)26(15-7-4-5-8-15)18(16(13)11-21)22-17(27)12-30-20-24-23-19(28)25(20)9-6-10-29-3/h15H,4-10,12H2,1-3H3,(H,22,27)(H,23,28). The normalized spacial score (nSPS) is 14.2. The van der Waals surface area contributed by atoms with Crippen LogP contribution in [0.4, 0.5) is 5.82 Å². The zero-order valence-corrected chi connectivity index (χ0v) is 18.5. The van der Waals surface area contributed by atoms with E-state index in [1.807, 2.05) is 13.8 Å². The van der Waals surface area contributed by atoms with Crippen LogP contribution in [0.2, 0.25) is 0 Å². The molecule has 2 heterocycles. The fourth-order valence-electron chi connectivity index (χ4n) is 3.98. The topological polar surface area (TPSA) is 118 Å². The minimum Gasteiger partial charge on any atom is -0.385 e. The summed E-state index contributed by atoms with van der Waals surface area (Å²) in [5.41, 5.74) is 2.16. The Kier molecular flexibility index (Phi) is 7.39. The molecule has 0 aromatic carbocycles. The number of carbonyl (C=O) groups is 1. The Hall–Kier alpha value is -2.51. The lowest BCUT2D eigenvalue weighted by atomic mass is 10.2. The monoisotopic (exact) mass is 432 g/mol. The summed E-state index contributed by atoms with van der Waals surface area (Å²) in [5, 5.41) is 19.5. The van der Waals surface area contributed by atoms with E-state index in [-0.39, 0.29) is 17.3 Å². The van der Waals surface area contributed by atoms with E-state index in [4.69, 9.17) is 4.74 Å². The number of nitrogens with one attached hydrogen (secondary N) is 2. The molecule has 30 heavy (non-hydrogen) atoms. The average Bonchev–Trinajstić information content (AvgIpc) is 3.42. The van der Waals surface area contributed by atoms with Crippen LogP contribution in [0.5, 0.6) is 0 Å². The van der Waals surface area contributed by atoms with Crippen molar-refractivity contribution in [3.63, 3.8) is 0 Å². The Labute approximate surface area is 179 Å². The Morgan fingerprint density at radius 2 is 2.13 bits per heavy atom. The average molecular weight is 433 g/mol. The van der Waals surface area contributed by atoms with Crippen molar-refractivity contribution >= 4 is 23.5 Å². The van der Waals surface area contributed by atoms with Gasteiger partial charge in [0.05, 0.1) is 11.3 Å². The second-order valence-corrected chi connectivity index (χ2v) is 8.44. The van der Waals surface area contributed by atoms with Crippen molar-refractivity contribution in [2.45, 2.75) is 63.7 Å². The zero-order chi connectivity index (χ0) is 21.7. The van der Waals surface area contributed by atoms with Crippen LogP contribution in [0.15, 0.2) is 9.95 Å². The maximum Gasteiger partial charge on any atom is 0.343 e. The molecule has 0 bridgehead atoms. The predicted molar refractivity (Wildman–Crippen MR) is 115 cm³/mol. The number of carbonyl (C=O) groups excluding carboxylic acids is 1. The highest BCUT2D eigenvalue weighted by Gasteiger charge is 2.26. The molecule has 0 spiro atoms. The molecular weight excluding hydrogens is 404 g/mol. The van der Waals surface area contributed by atoms with Gasteiger partial charge in [-0.15, -0.1) is 5.10 Å². The van der Waals surface area contributed by atoms with E-state index in [1.54, 1.807) is 7.11 Å². The largest absolute Gasteiger partial charge is 0.385 e. The van der Waals surface area contributed by atoms with Gasteiger partial charge < -0.3 is 14.6 Å². The second kappa shape index (κ2) is 10.00. The molecule has 1 aliphatic rings. The van der Waals surface area contributed by atoms with Crippen molar-refractivity contribution in [3.05, 3.63) is 27.3 Å². The summed E-state index contributed by atoms with van der Waals surface area (Å²) in [6.07, 6.45) is 5.10. The Bertz CT molecular complexity index is 994. The first-order valence-electron chi connectivity index (χ1n) is 10.2. The molecule has 10 heteroatoms. The lowest BCUT2D eigenvalue weighted by molar-refractivity contribution is -0.113. The second-order valence-electron chi connectivity index (χ2n) is 7.50. The van der Waals surface area contributed by atoms with E-state index < -0.39 is 0 Å². The van der Waals surface area contributed by atoms with E-state index in [0.29, 0.717) is 42.2 Å². The first kappa shape index (κ1) is 22.2. The minimum absolute atomic E-state index is 0.0907. The van der Waals surface area contributed by atoms with E-state index in [0.717, 1.165) is 36.9 Å². The number of nitrogens with zero attached hydrogens (tertiary/aromatic N) is 4. The first-order valence-corrected chi connectivity index (χ1v) is 11.1. The molecule has 0 radical (unpaired) electrons. The van der Waals surface area contributed by atoms with Crippen molar-refractivity contribution in [2.75, 3.05) is 24.8 Å². The van der Waals surface area contributed by atoms with Gasteiger partial charge in [0.1, 0.15) is 11.9 Å². The Morgan fingerprint density at radius 3 is 2.80 bits per heavy atom. The fraction of sp³-hybridized carbons (Fsp3) is 0.600. The van der Waals surface area contributed by atoms with Crippen LogP contribution in [0, 0.1) is 25.2 Å². The number of anilines is 1. The highest BCUT2D eigenvalue weighted by atomic mass is 32.2. The van der Waals surface area contributed by atoms with Gasteiger partial charge in [0, 0.05) is 32.0 Å². The van der Waals surface area contributed by atoms with Crippen LogP contribution < -0.4 is 11.0 Å². The molecule has 1 amide bonds. The number of amides is 1. The van der Waals surface area contributed by atoms with Crippen LogP contribution >= 0.6 is 11.8 Å². The van der Waals surface area contributed by atoms with E-state index in [9.17, 15) is 14.9 Å². The minimum atomic E-state index is -0.304. The summed E-state index contributed by atoms with van der Waals surface area (Å²) >= 11 is 1.19. The molecule has 162 valence electrons. The van der Waals surface area contributed by atoms with Crippen LogP contribution in [-0.4, -0.2) is 44.7 Å². The summed E-state index contributed by atoms with van der Waals surface area (Å²) in [4.78, 5) is 24.7. The Balaban J connectivity index is 1.72. The summed E-state index contributed by atoms with van der Waals surface area (Å²) in [5.74, 6) is 0.449. The van der Waals surface area contributed by atoms with Crippen molar-refractivity contribution in [2.24, 2.45) is 0 Å². The van der Waals surface area contributed by atoms with E-state index in [1.165, 1.54) is 16.3 Å². The fourth-order valence-corrected chi connectivity index (χ4v) is 4.75.